The van der Waals surface area contributed by atoms with E-state index in [0.717, 1.165) is 12.3 Å². The Labute approximate surface area is 103 Å². The second kappa shape index (κ2) is 5.09. The number of carbonyl (C=O) groups is 2. The molecule has 7 heteroatoms. The number of carbonyl (C=O) groups excluding carboxylic acids is 2. The van der Waals surface area contributed by atoms with Crippen LogP contribution in [0.4, 0.5) is 4.39 Å². The summed E-state index contributed by atoms with van der Waals surface area (Å²) in [7, 11) is 0. The predicted octanol–water partition coefficient (Wildman–Crippen LogP) is -0.453. The number of halogens is 1. The first kappa shape index (κ1) is 12.4. The minimum Gasteiger partial charge on any atom is -0.377 e. The van der Waals surface area contributed by atoms with Crippen LogP contribution in [0.5, 0.6) is 0 Å². The Bertz CT molecular complexity index is 463. The fraction of sp³-hybridized carbons (Fsp3) is 0.364. The third-order valence-corrected chi connectivity index (χ3v) is 2.69. The van der Waals surface area contributed by atoms with Crippen LogP contribution < -0.4 is 5.73 Å². The Morgan fingerprint density at radius 1 is 1.50 bits per heavy atom. The van der Waals surface area contributed by atoms with Gasteiger partial charge in [0.25, 0.3) is 5.91 Å². The van der Waals surface area contributed by atoms with Crippen molar-refractivity contribution < 1.29 is 18.7 Å². The van der Waals surface area contributed by atoms with Crippen LogP contribution in [0.3, 0.4) is 0 Å². The third-order valence-electron chi connectivity index (χ3n) is 2.69. The summed E-state index contributed by atoms with van der Waals surface area (Å²) in [6.07, 6.45) is 1.13. The molecule has 0 saturated carbocycles. The first-order chi connectivity index (χ1) is 8.59. The predicted molar refractivity (Wildman–Crippen MR) is 59.0 cm³/mol. The first-order valence-electron chi connectivity index (χ1n) is 5.39. The minimum atomic E-state index is -0.795. The van der Waals surface area contributed by atoms with Crippen LogP contribution in [-0.4, -0.2) is 47.5 Å². The number of hydrogen-bond acceptors (Lipinski definition) is 4. The molecule has 1 unspecified atom stereocenters. The van der Waals surface area contributed by atoms with Gasteiger partial charge in [-0.05, 0) is 12.1 Å². The lowest BCUT2D eigenvalue weighted by atomic mass is 10.1. The molecule has 0 bridgehead atoms. The Kier molecular flexibility index (Phi) is 3.52. The van der Waals surface area contributed by atoms with Crippen molar-refractivity contribution in [3.8, 4) is 0 Å². The highest BCUT2D eigenvalue weighted by molar-refractivity contribution is 5.97. The maximum atomic E-state index is 12.7. The number of hydrogen-bond donors (Lipinski definition) is 1. The molecule has 96 valence electrons. The molecule has 2 amide bonds. The molecule has 1 atom stereocenters. The molecular formula is C11H12FN3O3. The summed E-state index contributed by atoms with van der Waals surface area (Å²) in [6, 6.07) is 1.61. The Morgan fingerprint density at radius 2 is 2.28 bits per heavy atom. The molecule has 1 aliphatic rings. The molecule has 18 heavy (non-hydrogen) atoms. The van der Waals surface area contributed by atoms with E-state index in [4.69, 9.17) is 10.5 Å². The van der Waals surface area contributed by atoms with Crippen molar-refractivity contribution in [2.45, 2.75) is 6.04 Å². The number of rotatable bonds is 2. The van der Waals surface area contributed by atoms with E-state index in [0.29, 0.717) is 6.61 Å². The van der Waals surface area contributed by atoms with Crippen molar-refractivity contribution in [1.82, 2.24) is 9.88 Å². The number of ether oxygens (including phenoxy) is 1. The summed E-state index contributed by atoms with van der Waals surface area (Å²) >= 11 is 0. The summed E-state index contributed by atoms with van der Waals surface area (Å²) in [5, 5.41) is 0. The summed E-state index contributed by atoms with van der Waals surface area (Å²) in [5.41, 5.74) is 5.42. The van der Waals surface area contributed by atoms with E-state index in [2.05, 4.69) is 4.98 Å². The smallest absolute Gasteiger partial charge is 0.256 e. The van der Waals surface area contributed by atoms with Gasteiger partial charge in [-0.25, -0.2) is 4.98 Å². The van der Waals surface area contributed by atoms with Gasteiger partial charge in [-0.2, -0.15) is 4.39 Å². The van der Waals surface area contributed by atoms with Gasteiger partial charge in [-0.15, -0.1) is 0 Å². The largest absolute Gasteiger partial charge is 0.377 e. The quantitative estimate of drug-likeness (QED) is 0.723. The molecule has 0 radical (unpaired) electrons. The van der Waals surface area contributed by atoms with Crippen molar-refractivity contribution in [2.75, 3.05) is 19.8 Å². The zero-order valence-electron chi connectivity index (χ0n) is 9.51. The van der Waals surface area contributed by atoms with Crippen LogP contribution in [0.2, 0.25) is 0 Å². The highest BCUT2D eigenvalue weighted by atomic mass is 19.1. The molecule has 2 heterocycles. The molecule has 1 aliphatic heterocycles. The van der Waals surface area contributed by atoms with Crippen molar-refractivity contribution in [2.24, 2.45) is 5.73 Å². The van der Waals surface area contributed by atoms with E-state index in [-0.39, 0.29) is 18.7 Å². The molecule has 0 aliphatic carbocycles. The van der Waals surface area contributed by atoms with E-state index < -0.39 is 23.8 Å². The van der Waals surface area contributed by atoms with Crippen molar-refractivity contribution in [3.63, 3.8) is 0 Å². The maximum Gasteiger partial charge on any atom is 0.256 e. The van der Waals surface area contributed by atoms with Crippen LogP contribution in [0.1, 0.15) is 10.4 Å². The van der Waals surface area contributed by atoms with Gasteiger partial charge in [0.1, 0.15) is 6.04 Å². The van der Waals surface area contributed by atoms with Gasteiger partial charge in [0.05, 0.1) is 18.8 Å². The Morgan fingerprint density at radius 3 is 2.89 bits per heavy atom. The molecule has 2 rings (SSSR count). The molecule has 1 fully saturated rings. The van der Waals surface area contributed by atoms with Crippen LogP contribution in [-0.2, 0) is 9.53 Å². The number of primary amides is 1. The molecule has 6 nitrogen and oxygen atoms in total. The van der Waals surface area contributed by atoms with Gasteiger partial charge in [-0.1, -0.05) is 0 Å². The molecule has 0 spiro atoms. The summed E-state index contributed by atoms with van der Waals surface area (Å²) < 4.78 is 17.8. The normalized spacial score (nSPS) is 19.6. The SMILES string of the molecule is NC(=O)C1COCCN1C(=O)c1ccc(F)nc1. The first-order valence-corrected chi connectivity index (χ1v) is 5.39. The van der Waals surface area contributed by atoms with Gasteiger partial charge in [0.2, 0.25) is 11.9 Å². The maximum absolute atomic E-state index is 12.7. The van der Waals surface area contributed by atoms with E-state index in [9.17, 15) is 14.0 Å². The van der Waals surface area contributed by atoms with E-state index in [1.807, 2.05) is 0 Å². The van der Waals surface area contributed by atoms with Crippen molar-refractivity contribution in [1.29, 1.82) is 0 Å². The Balaban J connectivity index is 2.20. The summed E-state index contributed by atoms with van der Waals surface area (Å²) in [5.74, 6) is -1.70. The number of amides is 2. The highest BCUT2D eigenvalue weighted by Crippen LogP contribution is 2.12. The monoisotopic (exact) mass is 253 g/mol. The van der Waals surface area contributed by atoms with Gasteiger partial charge >= 0.3 is 0 Å². The van der Waals surface area contributed by atoms with Crippen molar-refractivity contribution in [3.05, 3.63) is 29.8 Å². The zero-order chi connectivity index (χ0) is 13.1. The molecule has 1 aromatic rings. The Hall–Kier alpha value is -2.02. The molecule has 2 N–H and O–H groups in total. The number of nitrogens with zero attached hydrogens (tertiary/aromatic N) is 2. The average molecular weight is 253 g/mol. The van der Waals surface area contributed by atoms with Crippen LogP contribution >= 0.6 is 0 Å². The number of pyridine rings is 1. The average Bonchev–Trinajstić information content (AvgIpc) is 2.39. The van der Waals surface area contributed by atoms with E-state index >= 15 is 0 Å². The lowest BCUT2D eigenvalue weighted by Crippen LogP contribution is -2.54. The molecular weight excluding hydrogens is 241 g/mol. The summed E-state index contributed by atoms with van der Waals surface area (Å²) in [4.78, 5) is 28.1. The molecule has 0 aromatic carbocycles. The highest BCUT2D eigenvalue weighted by Gasteiger charge is 2.31. The number of morpholine rings is 1. The fourth-order valence-corrected chi connectivity index (χ4v) is 1.75. The lowest BCUT2D eigenvalue weighted by molar-refractivity contribution is -0.127. The van der Waals surface area contributed by atoms with Gasteiger partial charge in [-0.3, -0.25) is 9.59 Å². The van der Waals surface area contributed by atoms with Crippen LogP contribution in [0.25, 0.3) is 0 Å². The number of aromatic nitrogens is 1. The molecule has 1 saturated heterocycles. The second-order valence-corrected chi connectivity index (χ2v) is 3.86. The van der Waals surface area contributed by atoms with E-state index in [1.165, 1.54) is 11.0 Å². The van der Waals surface area contributed by atoms with Gasteiger partial charge in [0.15, 0.2) is 0 Å². The van der Waals surface area contributed by atoms with Gasteiger partial charge in [0, 0.05) is 12.7 Å². The fourth-order valence-electron chi connectivity index (χ4n) is 1.75. The van der Waals surface area contributed by atoms with Crippen LogP contribution in [0, 0.1) is 5.95 Å². The zero-order valence-corrected chi connectivity index (χ0v) is 9.51. The summed E-state index contributed by atoms with van der Waals surface area (Å²) in [6.45, 7) is 0.684. The van der Waals surface area contributed by atoms with Crippen molar-refractivity contribution >= 4 is 11.8 Å². The molecule has 1 aromatic heterocycles. The number of nitrogens with two attached hydrogens (primary N) is 1. The third kappa shape index (κ3) is 2.45. The lowest BCUT2D eigenvalue weighted by Gasteiger charge is -2.33. The second-order valence-electron chi connectivity index (χ2n) is 3.86. The van der Waals surface area contributed by atoms with Gasteiger partial charge < -0.3 is 15.4 Å². The topological polar surface area (TPSA) is 85.5 Å². The standard InChI is InChI=1S/C11H12FN3O3/c12-9-2-1-7(5-14-9)11(17)15-3-4-18-6-8(15)10(13)16/h1-2,5,8H,3-4,6H2,(H2,13,16). The van der Waals surface area contributed by atoms with E-state index in [1.54, 1.807) is 0 Å². The van der Waals surface area contributed by atoms with Crippen LogP contribution in [0.15, 0.2) is 18.3 Å². The minimum absolute atomic E-state index is 0.0791.